The van der Waals surface area contributed by atoms with Gasteiger partial charge in [0.2, 0.25) is 0 Å². The third-order valence-electron chi connectivity index (χ3n) is 5.02. The fourth-order valence-electron chi connectivity index (χ4n) is 3.46. The Kier molecular flexibility index (Phi) is 6.81. The number of methoxy groups -OCH3 is 1. The molecule has 3 aromatic carbocycles. The van der Waals surface area contributed by atoms with Crippen LogP contribution in [0.4, 0.5) is 22.0 Å². The van der Waals surface area contributed by atoms with Crippen LogP contribution in [-0.4, -0.2) is 18.2 Å². The van der Waals surface area contributed by atoms with Gasteiger partial charge in [-0.15, -0.1) is 0 Å². The van der Waals surface area contributed by atoms with Crippen LogP contribution in [0.2, 0.25) is 0 Å². The molecule has 0 heterocycles. The fourth-order valence-corrected chi connectivity index (χ4v) is 3.46. The van der Waals surface area contributed by atoms with Gasteiger partial charge in [0.1, 0.15) is 5.75 Å². The van der Waals surface area contributed by atoms with Gasteiger partial charge in [0.05, 0.1) is 12.7 Å². The zero-order valence-corrected chi connectivity index (χ0v) is 16.9. The van der Waals surface area contributed by atoms with E-state index in [0.717, 1.165) is 12.1 Å². The molecule has 0 saturated carbocycles. The summed E-state index contributed by atoms with van der Waals surface area (Å²) in [5.74, 6) is -0.518. The van der Waals surface area contributed by atoms with E-state index < -0.39 is 29.7 Å². The Bertz CT molecular complexity index is 1120. The Morgan fingerprint density at radius 2 is 1.66 bits per heavy atom. The Morgan fingerprint density at radius 3 is 2.28 bits per heavy atom. The summed E-state index contributed by atoms with van der Waals surface area (Å²) in [4.78, 5) is 11.0. The van der Waals surface area contributed by atoms with Gasteiger partial charge in [0, 0.05) is 12.0 Å². The highest BCUT2D eigenvalue weighted by atomic mass is 19.4. The van der Waals surface area contributed by atoms with Crippen molar-refractivity contribution >= 4 is 5.97 Å². The van der Waals surface area contributed by atoms with E-state index in [1.807, 2.05) is 0 Å². The van der Waals surface area contributed by atoms with Gasteiger partial charge in [0.15, 0.2) is 0 Å². The Hall–Kier alpha value is -3.42. The summed E-state index contributed by atoms with van der Waals surface area (Å²) < 4.78 is 72.2. The standard InChI is InChI=1S/C24H19F5O3/c1-32-18-7-9-19(15(12-18)6-10-22(30)31)16-5-8-20(21(13-16)23(25)26)14-3-2-4-17(11-14)24(27,28)29/h2-5,7-9,11-13,23H,6,10H2,1H3,(H,30,31). The molecule has 0 bridgehead atoms. The van der Waals surface area contributed by atoms with Crippen molar-refractivity contribution in [3.05, 3.63) is 77.4 Å². The van der Waals surface area contributed by atoms with Gasteiger partial charge in [0.25, 0.3) is 6.43 Å². The second-order valence-electron chi connectivity index (χ2n) is 7.10. The first-order valence-corrected chi connectivity index (χ1v) is 9.59. The molecule has 0 atom stereocenters. The minimum atomic E-state index is -4.59. The molecular weight excluding hydrogens is 431 g/mol. The van der Waals surface area contributed by atoms with Crippen LogP contribution in [0.25, 0.3) is 22.3 Å². The molecule has 3 rings (SSSR count). The summed E-state index contributed by atoms with van der Waals surface area (Å²) in [5, 5.41) is 9.01. The molecule has 0 aliphatic carbocycles. The molecule has 32 heavy (non-hydrogen) atoms. The van der Waals surface area contributed by atoms with E-state index in [1.165, 1.54) is 37.4 Å². The van der Waals surface area contributed by atoms with Crippen molar-refractivity contribution < 1.29 is 36.6 Å². The minimum absolute atomic E-state index is 0.00422. The lowest BCUT2D eigenvalue weighted by Gasteiger charge is -2.16. The van der Waals surface area contributed by atoms with Crippen LogP contribution in [0.3, 0.4) is 0 Å². The van der Waals surface area contributed by atoms with E-state index in [1.54, 1.807) is 18.2 Å². The highest BCUT2D eigenvalue weighted by Gasteiger charge is 2.30. The Morgan fingerprint density at radius 1 is 0.969 bits per heavy atom. The summed E-state index contributed by atoms with van der Waals surface area (Å²) >= 11 is 0. The van der Waals surface area contributed by atoms with Gasteiger partial charge in [-0.3, -0.25) is 4.79 Å². The van der Waals surface area contributed by atoms with Crippen LogP contribution in [0.5, 0.6) is 5.75 Å². The largest absolute Gasteiger partial charge is 0.497 e. The van der Waals surface area contributed by atoms with Gasteiger partial charge in [-0.25, -0.2) is 8.78 Å². The van der Waals surface area contributed by atoms with Crippen LogP contribution in [0, 0.1) is 0 Å². The number of rotatable bonds is 7. The molecule has 1 N–H and O–H groups in total. The topological polar surface area (TPSA) is 46.5 Å². The van der Waals surface area contributed by atoms with Crippen molar-refractivity contribution in [1.29, 1.82) is 0 Å². The lowest BCUT2D eigenvalue weighted by Crippen LogP contribution is -2.04. The summed E-state index contributed by atoms with van der Waals surface area (Å²) in [6.45, 7) is 0. The van der Waals surface area contributed by atoms with E-state index in [2.05, 4.69) is 0 Å². The molecule has 0 unspecified atom stereocenters. The first kappa shape index (κ1) is 23.2. The second-order valence-corrected chi connectivity index (χ2v) is 7.10. The number of aryl methyl sites for hydroxylation is 1. The van der Waals surface area contributed by atoms with Crippen LogP contribution >= 0.6 is 0 Å². The number of hydrogen-bond acceptors (Lipinski definition) is 2. The molecule has 0 radical (unpaired) electrons. The molecule has 0 aromatic heterocycles. The van der Waals surface area contributed by atoms with E-state index in [-0.39, 0.29) is 24.0 Å². The summed E-state index contributed by atoms with van der Waals surface area (Å²) in [6, 6.07) is 13.3. The molecule has 3 nitrogen and oxygen atoms in total. The number of carboxylic acid groups (broad SMARTS) is 1. The maximum Gasteiger partial charge on any atom is 0.416 e. The lowest BCUT2D eigenvalue weighted by atomic mass is 9.91. The van der Waals surface area contributed by atoms with Crippen LogP contribution < -0.4 is 4.74 Å². The monoisotopic (exact) mass is 450 g/mol. The molecule has 0 aliphatic rings. The first-order chi connectivity index (χ1) is 15.1. The zero-order chi connectivity index (χ0) is 23.5. The SMILES string of the molecule is COc1ccc(-c2ccc(-c3cccc(C(F)(F)F)c3)c(C(F)F)c2)c(CCC(=O)O)c1. The predicted molar refractivity (Wildman–Crippen MR) is 110 cm³/mol. The number of benzene rings is 3. The molecule has 0 amide bonds. The van der Waals surface area contributed by atoms with Crippen molar-refractivity contribution in [2.24, 2.45) is 0 Å². The maximum atomic E-state index is 13.9. The van der Waals surface area contributed by atoms with E-state index in [4.69, 9.17) is 9.84 Å². The van der Waals surface area contributed by atoms with Gasteiger partial charge in [-0.2, -0.15) is 13.2 Å². The normalized spacial score (nSPS) is 11.6. The molecular formula is C24H19F5O3. The molecule has 0 saturated heterocycles. The minimum Gasteiger partial charge on any atom is -0.497 e. The van der Waals surface area contributed by atoms with Gasteiger partial charge in [-0.05, 0) is 64.6 Å². The van der Waals surface area contributed by atoms with Crippen molar-refractivity contribution in [2.45, 2.75) is 25.4 Å². The number of ether oxygens (including phenoxy) is 1. The third-order valence-corrected chi connectivity index (χ3v) is 5.02. The molecule has 8 heteroatoms. The molecule has 0 aliphatic heterocycles. The number of aliphatic carboxylic acids is 1. The smallest absolute Gasteiger partial charge is 0.416 e. The lowest BCUT2D eigenvalue weighted by molar-refractivity contribution is -0.138. The van der Waals surface area contributed by atoms with Crippen LogP contribution in [-0.2, 0) is 17.4 Å². The Balaban J connectivity index is 2.10. The van der Waals surface area contributed by atoms with Crippen molar-refractivity contribution in [3.63, 3.8) is 0 Å². The number of hydrogen-bond donors (Lipinski definition) is 1. The Labute approximate surface area is 181 Å². The third kappa shape index (κ3) is 5.25. The van der Waals surface area contributed by atoms with Gasteiger partial charge >= 0.3 is 12.1 Å². The second kappa shape index (κ2) is 9.38. The predicted octanol–water partition coefficient (Wildman–Crippen LogP) is 7.00. The highest BCUT2D eigenvalue weighted by molar-refractivity contribution is 5.77. The van der Waals surface area contributed by atoms with Crippen molar-refractivity contribution in [1.82, 2.24) is 0 Å². The zero-order valence-electron chi connectivity index (χ0n) is 16.9. The van der Waals surface area contributed by atoms with E-state index >= 15 is 0 Å². The average Bonchev–Trinajstić information content (AvgIpc) is 2.76. The van der Waals surface area contributed by atoms with Crippen LogP contribution in [0.1, 0.15) is 29.5 Å². The summed E-state index contributed by atoms with van der Waals surface area (Å²) in [5.41, 5.74) is 0.229. The highest BCUT2D eigenvalue weighted by Crippen LogP contribution is 2.38. The fraction of sp³-hybridized carbons (Fsp3) is 0.208. The maximum absolute atomic E-state index is 13.9. The summed E-state index contributed by atoms with van der Waals surface area (Å²) in [6.07, 6.45) is -7.53. The van der Waals surface area contributed by atoms with E-state index in [9.17, 15) is 26.7 Å². The van der Waals surface area contributed by atoms with Crippen molar-refractivity contribution in [3.8, 4) is 28.0 Å². The number of halogens is 5. The van der Waals surface area contributed by atoms with Crippen molar-refractivity contribution in [2.75, 3.05) is 7.11 Å². The van der Waals surface area contributed by atoms with Crippen LogP contribution in [0.15, 0.2) is 60.7 Å². The summed E-state index contributed by atoms with van der Waals surface area (Å²) in [7, 11) is 1.45. The van der Waals surface area contributed by atoms with Gasteiger partial charge < -0.3 is 9.84 Å². The molecule has 0 fully saturated rings. The quantitative estimate of drug-likeness (QED) is 0.394. The molecule has 3 aromatic rings. The molecule has 0 spiro atoms. The number of carboxylic acids is 1. The van der Waals surface area contributed by atoms with Gasteiger partial charge in [-0.1, -0.05) is 30.3 Å². The number of carbonyl (C=O) groups is 1. The number of alkyl halides is 5. The first-order valence-electron chi connectivity index (χ1n) is 9.59. The molecule has 168 valence electrons. The van der Waals surface area contributed by atoms with E-state index in [0.29, 0.717) is 22.4 Å². The average molecular weight is 450 g/mol.